The lowest BCUT2D eigenvalue weighted by molar-refractivity contribution is -0.149. The number of nitrogens with zero attached hydrogens (tertiary/aromatic N) is 1. The maximum absolute atomic E-state index is 12.2. The van der Waals surface area contributed by atoms with Gasteiger partial charge in [-0.05, 0) is 31.9 Å². The smallest absolute Gasteiger partial charge is 0.326 e. The molecule has 1 unspecified atom stereocenters. The Bertz CT molecular complexity index is 473. The molecule has 0 aliphatic heterocycles. The van der Waals surface area contributed by atoms with Gasteiger partial charge in [0.05, 0.1) is 0 Å². The van der Waals surface area contributed by atoms with Crippen LogP contribution in [0.5, 0.6) is 0 Å². The molecule has 1 atom stereocenters. The van der Waals surface area contributed by atoms with Crippen molar-refractivity contribution >= 4 is 23.6 Å². The zero-order valence-electron chi connectivity index (χ0n) is 11.5. The van der Waals surface area contributed by atoms with Crippen molar-refractivity contribution in [2.45, 2.75) is 43.2 Å². The molecular formula is C15H19NO3S. The minimum absolute atomic E-state index is 0.0502. The summed E-state index contributed by atoms with van der Waals surface area (Å²) >= 11 is 1.62. The van der Waals surface area contributed by atoms with E-state index in [-0.39, 0.29) is 11.9 Å². The number of thioether (sulfide) groups is 1. The molecule has 0 spiro atoms. The van der Waals surface area contributed by atoms with Gasteiger partial charge in [-0.15, -0.1) is 11.8 Å². The third kappa shape index (κ3) is 4.00. The standard InChI is InChI=1S/C15H19NO3S/c1-11(15(18)19)16(12-7-8-12)14(17)9-10-20-13-5-3-2-4-6-13/h2-6,11-12H,7-10H2,1H3,(H,18,19). The molecule has 20 heavy (non-hydrogen) atoms. The summed E-state index contributed by atoms with van der Waals surface area (Å²) in [6, 6.07) is 9.31. The molecule has 0 radical (unpaired) electrons. The molecule has 1 N–H and O–H groups in total. The molecule has 1 saturated carbocycles. The average molecular weight is 293 g/mol. The highest BCUT2D eigenvalue weighted by Gasteiger charge is 2.37. The number of rotatable bonds is 7. The van der Waals surface area contributed by atoms with Crippen LogP contribution in [0.2, 0.25) is 0 Å². The van der Waals surface area contributed by atoms with E-state index in [1.165, 1.54) is 0 Å². The highest BCUT2D eigenvalue weighted by Crippen LogP contribution is 2.30. The fourth-order valence-corrected chi connectivity index (χ4v) is 2.97. The summed E-state index contributed by atoms with van der Waals surface area (Å²) in [5.41, 5.74) is 0. The maximum atomic E-state index is 12.2. The second kappa shape index (κ2) is 6.79. The average Bonchev–Trinajstić information content (AvgIpc) is 3.24. The number of hydrogen-bond donors (Lipinski definition) is 1. The predicted octanol–water partition coefficient (Wildman–Crippen LogP) is 2.63. The first-order valence-corrected chi connectivity index (χ1v) is 7.80. The molecule has 0 heterocycles. The van der Waals surface area contributed by atoms with E-state index in [0.29, 0.717) is 12.2 Å². The van der Waals surface area contributed by atoms with Gasteiger partial charge in [-0.2, -0.15) is 0 Å². The molecule has 5 heteroatoms. The fraction of sp³-hybridized carbons (Fsp3) is 0.467. The van der Waals surface area contributed by atoms with Crippen LogP contribution in [0.4, 0.5) is 0 Å². The maximum Gasteiger partial charge on any atom is 0.326 e. The van der Waals surface area contributed by atoms with Crippen molar-refractivity contribution in [1.82, 2.24) is 4.90 Å². The Morgan fingerprint density at radius 2 is 2.00 bits per heavy atom. The van der Waals surface area contributed by atoms with Crippen molar-refractivity contribution in [1.29, 1.82) is 0 Å². The normalized spacial score (nSPS) is 15.7. The van der Waals surface area contributed by atoms with Gasteiger partial charge in [0.15, 0.2) is 0 Å². The Hall–Kier alpha value is -1.49. The van der Waals surface area contributed by atoms with Crippen LogP contribution in [-0.4, -0.2) is 39.7 Å². The molecule has 1 aromatic rings. The van der Waals surface area contributed by atoms with Crippen molar-refractivity contribution in [3.05, 3.63) is 30.3 Å². The first-order valence-electron chi connectivity index (χ1n) is 6.81. The van der Waals surface area contributed by atoms with Crippen LogP contribution in [0.1, 0.15) is 26.2 Å². The Kier molecular flexibility index (Phi) is 5.06. The number of carbonyl (C=O) groups is 2. The van der Waals surface area contributed by atoms with E-state index in [4.69, 9.17) is 5.11 Å². The number of carboxylic acid groups (broad SMARTS) is 1. The van der Waals surface area contributed by atoms with Crippen molar-refractivity contribution < 1.29 is 14.7 Å². The summed E-state index contributed by atoms with van der Waals surface area (Å²) in [4.78, 5) is 26.0. The summed E-state index contributed by atoms with van der Waals surface area (Å²) in [5.74, 6) is -0.301. The second-order valence-corrected chi connectivity index (χ2v) is 6.13. The Balaban J connectivity index is 1.84. The van der Waals surface area contributed by atoms with Crippen LogP contribution in [0.15, 0.2) is 35.2 Å². The van der Waals surface area contributed by atoms with E-state index in [1.54, 1.807) is 23.6 Å². The van der Waals surface area contributed by atoms with Gasteiger partial charge in [0.25, 0.3) is 0 Å². The molecule has 0 bridgehead atoms. The minimum atomic E-state index is -0.930. The fourth-order valence-electron chi connectivity index (χ4n) is 2.11. The molecule has 108 valence electrons. The third-order valence-corrected chi connectivity index (χ3v) is 4.34. The Labute approximate surface area is 123 Å². The summed E-state index contributed by atoms with van der Waals surface area (Å²) in [5, 5.41) is 9.08. The molecule has 0 aromatic heterocycles. The number of aliphatic carboxylic acids is 1. The number of hydrogen-bond acceptors (Lipinski definition) is 3. The molecule has 1 fully saturated rings. The topological polar surface area (TPSA) is 57.6 Å². The Morgan fingerprint density at radius 3 is 2.55 bits per heavy atom. The molecule has 1 aromatic carbocycles. The molecule has 1 amide bonds. The van der Waals surface area contributed by atoms with Crippen LogP contribution in [0, 0.1) is 0 Å². The van der Waals surface area contributed by atoms with E-state index in [9.17, 15) is 9.59 Å². The zero-order valence-corrected chi connectivity index (χ0v) is 12.3. The first-order chi connectivity index (χ1) is 9.59. The SMILES string of the molecule is CC(C(=O)O)N(C(=O)CCSc1ccccc1)C1CC1. The lowest BCUT2D eigenvalue weighted by Gasteiger charge is -2.26. The largest absolute Gasteiger partial charge is 0.480 e. The van der Waals surface area contributed by atoms with E-state index in [2.05, 4.69) is 0 Å². The summed E-state index contributed by atoms with van der Waals surface area (Å²) in [6.07, 6.45) is 2.23. The third-order valence-electron chi connectivity index (χ3n) is 3.33. The van der Waals surface area contributed by atoms with Crippen LogP contribution >= 0.6 is 11.8 Å². The minimum Gasteiger partial charge on any atom is -0.480 e. The molecule has 1 aliphatic carbocycles. The van der Waals surface area contributed by atoms with Crippen molar-refractivity contribution in [3.63, 3.8) is 0 Å². The molecule has 0 saturated heterocycles. The van der Waals surface area contributed by atoms with Gasteiger partial charge in [-0.3, -0.25) is 4.79 Å². The van der Waals surface area contributed by atoms with E-state index in [1.807, 2.05) is 30.3 Å². The predicted molar refractivity (Wildman–Crippen MR) is 78.7 cm³/mol. The van der Waals surface area contributed by atoms with Crippen LogP contribution in [0.3, 0.4) is 0 Å². The lowest BCUT2D eigenvalue weighted by atomic mass is 10.2. The van der Waals surface area contributed by atoms with Gasteiger partial charge < -0.3 is 10.0 Å². The van der Waals surface area contributed by atoms with E-state index >= 15 is 0 Å². The van der Waals surface area contributed by atoms with Crippen LogP contribution in [-0.2, 0) is 9.59 Å². The van der Waals surface area contributed by atoms with Gasteiger partial charge in [0.1, 0.15) is 6.04 Å². The number of benzene rings is 1. The van der Waals surface area contributed by atoms with Gasteiger partial charge in [-0.25, -0.2) is 4.79 Å². The van der Waals surface area contributed by atoms with Gasteiger partial charge in [-0.1, -0.05) is 18.2 Å². The highest BCUT2D eigenvalue weighted by atomic mass is 32.2. The van der Waals surface area contributed by atoms with Crippen LogP contribution < -0.4 is 0 Å². The summed E-state index contributed by atoms with van der Waals surface area (Å²) in [6.45, 7) is 1.59. The van der Waals surface area contributed by atoms with Crippen molar-refractivity contribution in [2.75, 3.05) is 5.75 Å². The lowest BCUT2D eigenvalue weighted by Crippen LogP contribution is -2.44. The zero-order chi connectivity index (χ0) is 14.5. The molecule has 1 aliphatic rings. The second-order valence-electron chi connectivity index (χ2n) is 4.96. The number of carboxylic acids is 1. The Morgan fingerprint density at radius 1 is 1.35 bits per heavy atom. The molecule has 4 nitrogen and oxygen atoms in total. The van der Waals surface area contributed by atoms with Gasteiger partial charge in [0.2, 0.25) is 5.91 Å². The van der Waals surface area contributed by atoms with Gasteiger partial charge >= 0.3 is 5.97 Å². The summed E-state index contributed by atoms with van der Waals surface area (Å²) in [7, 11) is 0. The van der Waals surface area contributed by atoms with Crippen molar-refractivity contribution in [3.8, 4) is 0 Å². The van der Waals surface area contributed by atoms with Crippen LogP contribution in [0.25, 0.3) is 0 Å². The monoisotopic (exact) mass is 293 g/mol. The summed E-state index contributed by atoms with van der Waals surface area (Å²) < 4.78 is 0. The van der Waals surface area contributed by atoms with E-state index < -0.39 is 12.0 Å². The highest BCUT2D eigenvalue weighted by molar-refractivity contribution is 7.99. The number of carbonyl (C=O) groups excluding carboxylic acids is 1. The first kappa shape index (κ1) is 14.9. The van der Waals surface area contributed by atoms with E-state index in [0.717, 1.165) is 17.7 Å². The molecule has 2 rings (SSSR count). The number of amides is 1. The molecular weight excluding hydrogens is 274 g/mol. The quantitative estimate of drug-likeness (QED) is 0.785. The van der Waals surface area contributed by atoms with Crippen molar-refractivity contribution in [2.24, 2.45) is 0 Å². The van der Waals surface area contributed by atoms with Gasteiger partial charge in [0, 0.05) is 23.1 Å².